The van der Waals surface area contributed by atoms with Gasteiger partial charge in [0.05, 0.1) is 0 Å². The largest absolute Gasteiger partial charge is 0.458 e. The van der Waals surface area contributed by atoms with Crippen LogP contribution in [0.1, 0.15) is 0 Å². The molecule has 8 heteroatoms. The third-order valence-corrected chi connectivity index (χ3v) is 26.7. The molecule has 0 saturated carbocycles. The highest BCUT2D eigenvalue weighted by atomic mass is 28.3. The Bertz CT molecular complexity index is 3870. The number of hydrogen-bond acceptors (Lipinski definition) is 4. The number of benzene rings is 12. The van der Waals surface area contributed by atoms with Crippen molar-refractivity contribution < 1.29 is 18.9 Å². The van der Waals surface area contributed by atoms with Crippen molar-refractivity contribution in [3.05, 3.63) is 291 Å². The Hall–Kier alpha value is -9.60. The summed E-state index contributed by atoms with van der Waals surface area (Å²) in [4.78, 5) is 0. The first-order valence-corrected chi connectivity index (χ1v) is 31.5. The minimum absolute atomic E-state index is 0.130. The Morgan fingerprint density at radius 2 is 0.450 bits per heavy atom. The summed E-state index contributed by atoms with van der Waals surface area (Å²) in [5.41, 5.74) is 8.73. The molecule has 0 spiro atoms. The summed E-state index contributed by atoms with van der Waals surface area (Å²) in [6.07, 6.45) is 0. The van der Waals surface area contributed by atoms with Crippen LogP contribution in [0.25, 0.3) is 11.1 Å². The zero-order valence-electron chi connectivity index (χ0n) is 43.5. The second-order valence-electron chi connectivity index (χ2n) is 21.3. The minimum atomic E-state index is -2.94. The molecule has 80 heavy (non-hydrogen) atoms. The normalized spacial score (nSPS) is 13.1. The smallest absolute Gasteiger partial charge is 0.260 e. The van der Waals surface area contributed by atoms with E-state index in [0.717, 1.165) is 89.9 Å². The van der Waals surface area contributed by atoms with E-state index >= 15 is 0 Å². The molecule has 16 rings (SSSR count). The molecule has 0 unspecified atom stereocenters. The Labute approximate surface area is 468 Å². The minimum Gasteiger partial charge on any atom is -0.458 e. The molecule has 0 aliphatic carbocycles. The summed E-state index contributed by atoms with van der Waals surface area (Å²) in [5.74, 6) is 6.71. The molecule has 0 fully saturated rings. The van der Waals surface area contributed by atoms with E-state index in [9.17, 15) is 0 Å². The molecule has 0 atom stereocenters. The molecule has 12 aromatic carbocycles. The van der Waals surface area contributed by atoms with E-state index in [4.69, 9.17) is 18.9 Å². The lowest BCUT2D eigenvalue weighted by Gasteiger charge is -2.38. The lowest BCUT2D eigenvalue weighted by Crippen LogP contribution is -2.75. The first kappa shape index (κ1) is 46.5. The first-order chi connectivity index (χ1) is 39.6. The monoisotopic (exact) mass is 1050 g/mol. The van der Waals surface area contributed by atoms with Crippen molar-refractivity contribution in [2.75, 3.05) is 0 Å². The second-order valence-corrected chi connectivity index (χ2v) is 28.9. The number of fused-ring (bicyclic) bond motifs is 8. The molecule has 0 saturated heterocycles. The molecule has 374 valence electrons. The van der Waals surface area contributed by atoms with Crippen molar-refractivity contribution in [2.24, 2.45) is 0 Å². The molecule has 0 N–H and O–H groups in total. The van der Waals surface area contributed by atoms with Crippen molar-refractivity contribution >= 4 is 104 Å². The first-order valence-electron chi connectivity index (χ1n) is 27.5. The summed E-state index contributed by atoms with van der Waals surface area (Å²) >= 11 is 0. The van der Waals surface area contributed by atoms with Crippen molar-refractivity contribution in [3.63, 3.8) is 0 Å². The maximum Gasteiger partial charge on any atom is 0.260 e. The van der Waals surface area contributed by atoms with Gasteiger partial charge in [-0.25, -0.2) is 0 Å². The van der Waals surface area contributed by atoms with Gasteiger partial charge < -0.3 is 18.9 Å². The molecule has 4 aliphatic rings. The van der Waals surface area contributed by atoms with Gasteiger partial charge >= 0.3 is 0 Å². The lowest BCUT2D eigenvalue weighted by molar-refractivity contribution is 0.464. The van der Waals surface area contributed by atoms with Gasteiger partial charge in [0.2, 0.25) is 0 Å². The molecular weight excluding hydrogens is 1010 g/mol. The molecule has 12 aromatic rings. The third kappa shape index (κ3) is 7.02. The predicted molar refractivity (Wildman–Crippen MR) is 334 cm³/mol. The van der Waals surface area contributed by atoms with Gasteiger partial charge in [-0.2, -0.15) is 0 Å². The zero-order valence-corrected chi connectivity index (χ0v) is 45.5. The average Bonchev–Trinajstić information content (AvgIpc) is 3.67. The van der Waals surface area contributed by atoms with Crippen LogP contribution in [0.2, 0.25) is 0 Å². The van der Waals surface area contributed by atoms with E-state index in [0.29, 0.717) is 0 Å². The van der Waals surface area contributed by atoms with Crippen molar-refractivity contribution in [2.45, 2.75) is 0 Å². The van der Waals surface area contributed by atoms with Gasteiger partial charge in [0.1, 0.15) is 46.0 Å². The summed E-state index contributed by atoms with van der Waals surface area (Å²) in [6, 6.07) is 106. The van der Waals surface area contributed by atoms with Crippen molar-refractivity contribution in [1.29, 1.82) is 0 Å². The van der Waals surface area contributed by atoms with Gasteiger partial charge in [-0.3, -0.25) is 0 Å². The molecule has 0 aromatic heterocycles. The fourth-order valence-corrected chi connectivity index (χ4v) is 23.4. The maximum atomic E-state index is 7.23. The fourth-order valence-electron chi connectivity index (χ4n) is 13.8. The predicted octanol–water partition coefficient (Wildman–Crippen LogP) is 7.56. The second kappa shape index (κ2) is 18.5. The van der Waals surface area contributed by atoms with Gasteiger partial charge in [-0.15, -0.1) is 0 Å². The van der Waals surface area contributed by atoms with E-state index < -0.39 is 16.1 Å². The van der Waals surface area contributed by atoms with Gasteiger partial charge in [0.25, 0.3) is 13.4 Å². The fraction of sp³-hybridized carbons (Fsp3) is 0. The molecule has 0 radical (unpaired) electrons. The molecule has 4 heterocycles. The van der Waals surface area contributed by atoms with Gasteiger partial charge in [0.15, 0.2) is 16.1 Å². The average molecular weight is 1050 g/mol. The van der Waals surface area contributed by atoms with Gasteiger partial charge in [-0.1, -0.05) is 243 Å². The van der Waals surface area contributed by atoms with Crippen LogP contribution in [0, 0.1) is 0 Å². The van der Waals surface area contributed by atoms with Crippen LogP contribution >= 0.6 is 0 Å². The Morgan fingerprint density at radius 1 is 0.200 bits per heavy atom. The van der Waals surface area contributed by atoms with E-state index in [1.54, 1.807) is 0 Å². The topological polar surface area (TPSA) is 36.9 Å². The Kier molecular flexibility index (Phi) is 10.8. The SMILES string of the molecule is c1ccc([Si](c2ccccc2)(c2ccccc2)c2cc3c4c(c2)Oc2ccc(-c5ccc6c(c5)B5c7ccccc7Oc7cc([Si](c8ccccc8)(c8ccccc8)c8ccccc8)cc(c75)O6)cc2B4c2ccccc2O3)cc1. The number of ether oxygens (including phenoxy) is 4. The van der Waals surface area contributed by atoms with Gasteiger partial charge in [0, 0.05) is 10.9 Å². The highest BCUT2D eigenvalue weighted by Gasteiger charge is 2.48. The van der Waals surface area contributed by atoms with Crippen LogP contribution in [-0.2, 0) is 0 Å². The quantitative estimate of drug-likeness (QED) is 0.111. The standard InChI is InChI=1S/C72H48B2O4Si2/c1-7-23-51(24-8-1)79(52-25-9-2-10-26-52,53-27-11-3-12-28-53)57-45-67-71-69(47-57)77-65-41-39-49(43-61(65)73(71)59-35-19-21-37-63(59)75-67)50-40-42-66-62(44-50)74-60-36-20-22-38-64(60)76-68-46-58(48-70(78-66)72(68)74)80(54-29-13-4-14-30-54,55-31-15-5-16-32-55)56-33-17-6-18-34-56/h1-48H. The number of rotatable bonds is 9. The number of hydrogen-bond donors (Lipinski definition) is 0. The third-order valence-electron chi connectivity index (χ3n) is 17.2. The molecule has 0 bridgehead atoms. The molecule has 4 nitrogen and oxygen atoms in total. The van der Waals surface area contributed by atoms with E-state index in [-0.39, 0.29) is 13.4 Å². The van der Waals surface area contributed by atoms with Crippen molar-refractivity contribution in [3.8, 4) is 57.1 Å². The summed E-state index contributed by atoms with van der Waals surface area (Å²) in [6.45, 7) is -0.261. The van der Waals surface area contributed by atoms with Crippen LogP contribution in [0.5, 0.6) is 46.0 Å². The van der Waals surface area contributed by atoms with E-state index in [2.05, 4.69) is 291 Å². The Morgan fingerprint density at radius 3 is 0.738 bits per heavy atom. The zero-order chi connectivity index (χ0) is 52.8. The summed E-state index contributed by atoms with van der Waals surface area (Å²) in [5, 5.41) is 10.1. The molecule has 0 amide bonds. The van der Waals surface area contributed by atoms with E-state index in [1.807, 2.05) is 0 Å². The van der Waals surface area contributed by atoms with Crippen LogP contribution in [0.15, 0.2) is 291 Å². The lowest BCUT2D eigenvalue weighted by atomic mass is 9.34. The van der Waals surface area contributed by atoms with Crippen molar-refractivity contribution in [1.82, 2.24) is 0 Å². The van der Waals surface area contributed by atoms with Crippen LogP contribution in [-0.4, -0.2) is 29.6 Å². The Balaban J connectivity index is 0.837. The van der Waals surface area contributed by atoms with Crippen LogP contribution < -0.4 is 93.2 Å². The van der Waals surface area contributed by atoms with Crippen LogP contribution in [0.4, 0.5) is 0 Å². The van der Waals surface area contributed by atoms with Gasteiger partial charge in [-0.05, 0) is 123 Å². The summed E-state index contributed by atoms with van der Waals surface area (Å²) < 4.78 is 28.6. The van der Waals surface area contributed by atoms with Crippen LogP contribution in [0.3, 0.4) is 0 Å². The number of para-hydroxylation sites is 2. The molecule has 4 aliphatic heterocycles. The summed E-state index contributed by atoms with van der Waals surface area (Å²) in [7, 11) is -5.87. The molecular formula is C72H48B2O4Si2. The maximum absolute atomic E-state index is 7.23. The van der Waals surface area contributed by atoms with E-state index in [1.165, 1.54) is 41.5 Å². The highest BCUT2D eigenvalue weighted by molar-refractivity contribution is 7.20. The highest BCUT2D eigenvalue weighted by Crippen LogP contribution is 2.38.